The summed E-state index contributed by atoms with van der Waals surface area (Å²) < 4.78 is 7.38. The summed E-state index contributed by atoms with van der Waals surface area (Å²) in [5.41, 5.74) is 0. The molecular formula is C12H19N5O. The highest BCUT2D eigenvalue weighted by molar-refractivity contribution is 4.96. The summed E-state index contributed by atoms with van der Waals surface area (Å²) >= 11 is 0. The summed E-state index contributed by atoms with van der Waals surface area (Å²) in [7, 11) is 0. The van der Waals surface area contributed by atoms with E-state index in [2.05, 4.69) is 34.2 Å². The van der Waals surface area contributed by atoms with E-state index in [0.29, 0.717) is 18.5 Å². The average Bonchev–Trinajstić information content (AvgIpc) is 2.94. The van der Waals surface area contributed by atoms with Crippen LogP contribution >= 0.6 is 0 Å². The first-order valence-corrected chi connectivity index (χ1v) is 6.12. The van der Waals surface area contributed by atoms with E-state index in [1.165, 1.54) is 0 Å². The molecule has 0 saturated carbocycles. The van der Waals surface area contributed by atoms with Crippen LogP contribution in [0.3, 0.4) is 0 Å². The molecule has 1 unspecified atom stereocenters. The molecule has 2 rings (SSSR count). The van der Waals surface area contributed by atoms with Crippen LogP contribution in [0.2, 0.25) is 0 Å². The molecule has 18 heavy (non-hydrogen) atoms. The van der Waals surface area contributed by atoms with E-state index in [0.717, 1.165) is 11.6 Å². The first kappa shape index (κ1) is 12.8. The number of aromatic nitrogens is 4. The third-order valence-electron chi connectivity index (χ3n) is 2.71. The van der Waals surface area contributed by atoms with Crippen molar-refractivity contribution in [3.05, 3.63) is 30.0 Å². The Labute approximate surface area is 106 Å². The van der Waals surface area contributed by atoms with Gasteiger partial charge in [-0.15, -0.1) is 0 Å². The Balaban J connectivity index is 1.97. The van der Waals surface area contributed by atoms with Crippen LogP contribution < -0.4 is 5.32 Å². The van der Waals surface area contributed by atoms with Gasteiger partial charge in [0.05, 0.1) is 18.8 Å². The van der Waals surface area contributed by atoms with Gasteiger partial charge in [0.1, 0.15) is 17.9 Å². The molecule has 0 aromatic carbocycles. The van der Waals surface area contributed by atoms with Crippen molar-refractivity contribution in [2.75, 3.05) is 0 Å². The number of aryl methyl sites for hydroxylation is 1. The van der Waals surface area contributed by atoms with Gasteiger partial charge in [-0.2, -0.15) is 5.10 Å². The molecule has 0 amide bonds. The van der Waals surface area contributed by atoms with Gasteiger partial charge >= 0.3 is 0 Å². The zero-order valence-electron chi connectivity index (χ0n) is 11.2. The van der Waals surface area contributed by atoms with Crippen molar-refractivity contribution < 1.29 is 4.42 Å². The lowest BCUT2D eigenvalue weighted by atomic mass is 10.3. The van der Waals surface area contributed by atoms with Crippen molar-refractivity contribution in [2.24, 2.45) is 0 Å². The first-order chi connectivity index (χ1) is 8.58. The van der Waals surface area contributed by atoms with Crippen LogP contribution in [0.15, 0.2) is 16.9 Å². The first-order valence-electron chi connectivity index (χ1n) is 6.12. The van der Waals surface area contributed by atoms with Crippen LogP contribution in [0, 0.1) is 6.92 Å². The van der Waals surface area contributed by atoms with Crippen LogP contribution in [0.5, 0.6) is 0 Å². The Morgan fingerprint density at radius 2 is 2.11 bits per heavy atom. The number of hydrogen-bond acceptors (Lipinski definition) is 5. The van der Waals surface area contributed by atoms with E-state index in [1.807, 2.05) is 18.5 Å². The van der Waals surface area contributed by atoms with Crippen molar-refractivity contribution in [2.45, 2.75) is 46.3 Å². The number of nitrogens with one attached hydrogen (secondary N) is 1. The van der Waals surface area contributed by atoms with Crippen molar-refractivity contribution >= 4 is 0 Å². The van der Waals surface area contributed by atoms with E-state index in [9.17, 15) is 0 Å². The van der Waals surface area contributed by atoms with Crippen LogP contribution in [0.25, 0.3) is 0 Å². The molecule has 6 heteroatoms. The quantitative estimate of drug-likeness (QED) is 0.877. The highest BCUT2D eigenvalue weighted by atomic mass is 16.4. The maximum absolute atomic E-state index is 5.48. The predicted octanol–water partition coefficient (Wildman–Crippen LogP) is 2.01. The molecule has 6 nitrogen and oxygen atoms in total. The molecule has 0 fully saturated rings. The Kier molecular flexibility index (Phi) is 3.76. The van der Waals surface area contributed by atoms with Gasteiger partial charge in [-0.05, 0) is 27.7 Å². The Hall–Kier alpha value is -1.69. The van der Waals surface area contributed by atoms with Crippen molar-refractivity contribution in [1.82, 2.24) is 25.1 Å². The second kappa shape index (κ2) is 5.30. The summed E-state index contributed by atoms with van der Waals surface area (Å²) in [6.45, 7) is 8.71. The van der Waals surface area contributed by atoms with Crippen LogP contribution in [-0.4, -0.2) is 19.7 Å². The monoisotopic (exact) mass is 249 g/mol. The number of oxazole rings is 1. The minimum absolute atomic E-state index is 0.0519. The molecule has 0 saturated heterocycles. The standard InChI is InChI=1S/C12H19N5O/c1-8(2)17-11(15-7-16-17)6-13-10(4)12-14-5-9(3)18-12/h5,7-8,10,13H,6H2,1-4H3. The maximum Gasteiger partial charge on any atom is 0.211 e. The molecule has 1 atom stereocenters. The summed E-state index contributed by atoms with van der Waals surface area (Å²) in [5.74, 6) is 2.44. The molecule has 98 valence electrons. The third-order valence-corrected chi connectivity index (χ3v) is 2.71. The summed E-state index contributed by atoms with van der Waals surface area (Å²) in [4.78, 5) is 8.45. The predicted molar refractivity (Wildman–Crippen MR) is 66.9 cm³/mol. The van der Waals surface area contributed by atoms with E-state index in [-0.39, 0.29) is 6.04 Å². The molecule has 1 N–H and O–H groups in total. The molecule has 0 spiro atoms. The van der Waals surface area contributed by atoms with Crippen molar-refractivity contribution in [1.29, 1.82) is 0 Å². The summed E-state index contributed by atoms with van der Waals surface area (Å²) in [5, 5.41) is 7.53. The summed E-state index contributed by atoms with van der Waals surface area (Å²) in [6.07, 6.45) is 3.31. The average molecular weight is 249 g/mol. The fourth-order valence-electron chi connectivity index (χ4n) is 1.74. The normalized spacial score (nSPS) is 13.2. The van der Waals surface area contributed by atoms with Gasteiger partial charge in [-0.25, -0.2) is 14.6 Å². The van der Waals surface area contributed by atoms with E-state index in [4.69, 9.17) is 4.42 Å². The molecule has 0 aliphatic carbocycles. The van der Waals surface area contributed by atoms with Gasteiger partial charge < -0.3 is 4.42 Å². The van der Waals surface area contributed by atoms with Gasteiger partial charge in [0.25, 0.3) is 0 Å². The molecule has 0 aliphatic heterocycles. The molecule has 2 aromatic heterocycles. The zero-order valence-corrected chi connectivity index (χ0v) is 11.2. The highest BCUT2D eigenvalue weighted by Gasteiger charge is 2.13. The fourth-order valence-corrected chi connectivity index (χ4v) is 1.74. The second-order valence-corrected chi connectivity index (χ2v) is 4.63. The van der Waals surface area contributed by atoms with Gasteiger partial charge in [0, 0.05) is 6.04 Å². The highest BCUT2D eigenvalue weighted by Crippen LogP contribution is 2.13. The number of rotatable bonds is 5. The molecule has 0 aliphatic rings. The Morgan fingerprint density at radius 1 is 1.33 bits per heavy atom. The SMILES string of the molecule is Cc1cnc(C(C)NCc2ncnn2C(C)C)o1. The van der Waals surface area contributed by atoms with Gasteiger partial charge in [0.15, 0.2) is 0 Å². The van der Waals surface area contributed by atoms with Crippen molar-refractivity contribution in [3.8, 4) is 0 Å². The Bertz CT molecular complexity index is 502. The maximum atomic E-state index is 5.48. The van der Waals surface area contributed by atoms with Gasteiger partial charge in [-0.3, -0.25) is 5.32 Å². The lowest BCUT2D eigenvalue weighted by molar-refractivity contribution is 0.392. The van der Waals surface area contributed by atoms with E-state index >= 15 is 0 Å². The van der Waals surface area contributed by atoms with Crippen LogP contribution in [-0.2, 0) is 6.54 Å². The lowest BCUT2D eigenvalue weighted by Gasteiger charge is -2.12. The number of hydrogen-bond donors (Lipinski definition) is 1. The van der Waals surface area contributed by atoms with Gasteiger partial charge in [0.2, 0.25) is 5.89 Å². The van der Waals surface area contributed by atoms with E-state index in [1.54, 1.807) is 12.5 Å². The number of nitrogens with zero attached hydrogens (tertiary/aromatic N) is 4. The molecule has 0 bridgehead atoms. The smallest absolute Gasteiger partial charge is 0.211 e. The molecule has 2 heterocycles. The van der Waals surface area contributed by atoms with Gasteiger partial charge in [-0.1, -0.05) is 0 Å². The second-order valence-electron chi connectivity index (χ2n) is 4.63. The summed E-state index contributed by atoms with van der Waals surface area (Å²) in [6, 6.07) is 0.361. The third kappa shape index (κ3) is 2.76. The van der Waals surface area contributed by atoms with E-state index < -0.39 is 0 Å². The largest absolute Gasteiger partial charge is 0.444 e. The zero-order chi connectivity index (χ0) is 13.1. The van der Waals surface area contributed by atoms with Crippen LogP contribution in [0.4, 0.5) is 0 Å². The topological polar surface area (TPSA) is 68.8 Å². The molecule has 2 aromatic rings. The lowest BCUT2D eigenvalue weighted by Crippen LogP contribution is -2.22. The minimum atomic E-state index is 0.0519. The van der Waals surface area contributed by atoms with Crippen LogP contribution in [0.1, 0.15) is 50.3 Å². The molecule has 0 radical (unpaired) electrons. The minimum Gasteiger partial charge on any atom is -0.444 e. The van der Waals surface area contributed by atoms with Crippen molar-refractivity contribution in [3.63, 3.8) is 0 Å². The molecular weight excluding hydrogens is 230 g/mol. The fraction of sp³-hybridized carbons (Fsp3) is 0.583. The Morgan fingerprint density at radius 3 is 2.72 bits per heavy atom.